The number of hydrazine groups is 1. The van der Waals surface area contributed by atoms with Gasteiger partial charge < -0.3 is 19.8 Å². The third-order valence-corrected chi connectivity index (χ3v) is 10.7. The highest BCUT2D eigenvalue weighted by atomic mass is 35.5. The Bertz CT molecular complexity index is 1950. The van der Waals surface area contributed by atoms with Gasteiger partial charge in [0.05, 0.1) is 22.8 Å². The molecule has 234 valence electrons. The number of nitrogens with one attached hydrogen (secondary N) is 1. The van der Waals surface area contributed by atoms with Crippen LogP contribution in [0.3, 0.4) is 0 Å². The molecule has 8 nitrogen and oxygen atoms in total. The SMILES string of the molecule is C/C(NN)=C1/CCSCc2cc(n(C)n2)CSc2cc(c3ccccc3c2)OCCCc2c(C(=O)O)n(C)c3c1c(Cl)ccc23. The van der Waals surface area contributed by atoms with Crippen molar-refractivity contribution < 1.29 is 14.6 Å². The normalized spacial score (nSPS) is 15.9. The van der Waals surface area contributed by atoms with Gasteiger partial charge in [-0.2, -0.15) is 16.9 Å². The molecule has 0 radical (unpaired) electrons. The predicted octanol–water partition coefficient (Wildman–Crippen LogP) is 7.55. The number of carbonyl (C=O) groups is 1. The summed E-state index contributed by atoms with van der Waals surface area (Å²) in [6, 6.07) is 18.5. The van der Waals surface area contributed by atoms with Crippen molar-refractivity contribution in [2.24, 2.45) is 19.9 Å². The molecule has 0 aliphatic carbocycles. The first-order valence-corrected chi connectivity index (χ1v) is 17.4. The molecule has 0 atom stereocenters. The highest BCUT2D eigenvalue weighted by Gasteiger charge is 2.25. The molecule has 0 saturated heterocycles. The van der Waals surface area contributed by atoms with Crippen LogP contribution in [-0.4, -0.2) is 37.8 Å². The maximum atomic E-state index is 12.6. The van der Waals surface area contributed by atoms with E-state index in [-0.39, 0.29) is 5.69 Å². The summed E-state index contributed by atoms with van der Waals surface area (Å²) >= 11 is 10.5. The second-order valence-electron chi connectivity index (χ2n) is 11.2. The van der Waals surface area contributed by atoms with E-state index >= 15 is 0 Å². The van der Waals surface area contributed by atoms with Crippen molar-refractivity contribution in [3.8, 4) is 5.75 Å². The number of hydrogen-bond acceptors (Lipinski definition) is 7. The summed E-state index contributed by atoms with van der Waals surface area (Å²) in [4.78, 5) is 13.8. The van der Waals surface area contributed by atoms with Crippen LogP contribution in [-0.2, 0) is 32.0 Å². The van der Waals surface area contributed by atoms with Crippen LogP contribution in [0.15, 0.2) is 65.2 Å². The maximum absolute atomic E-state index is 12.6. The lowest BCUT2D eigenvalue weighted by Crippen LogP contribution is -2.21. The number of benzene rings is 3. The van der Waals surface area contributed by atoms with E-state index < -0.39 is 5.97 Å². The van der Waals surface area contributed by atoms with Gasteiger partial charge in [0.1, 0.15) is 11.4 Å². The summed E-state index contributed by atoms with van der Waals surface area (Å²) in [6.07, 6.45) is 1.87. The zero-order valence-corrected chi connectivity index (χ0v) is 27.9. The number of carboxylic acids is 1. The Balaban J connectivity index is 1.44. The summed E-state index contributed by atoms with van der Waals surface area (Å²) in [7, 11) is 3.80. The molecule has 11 heteroatoms. The monoisotopic (exact) mass is 661 g/mol. The number of aromatic nitrogens is 3. The van der Waals surface area contributed by atoms with Crippen molar-refractivity contribution in [3.63, 3.8) is 0 Å². The van der Waals surface area contributed by atoms with Crippen LogP contribution in [0.4, 0.5) is 0 Å². The topological polar surface area (TPSA) is 107 Å². The lowest BCUT2D eigenvalue weighted by atomic mass is 9.97. The van der Waals surface area contributed by atoms with Gasteiger partial charge in [0.25, 0.3) is 0 Å². The van der Waals surface area contributed by atoms with E-state index in [1.807, 2.05) is 42.9 Å². The summed E-state index contributed by atoms with van der Waals surface area (Å²) in [5.41, 5.74) is 9.41. The van der Waals surface area contributed by atoms with E-state index in [9.17, 15) is 9.90 Å². The van der Waals surface area contributed by atoms with Gasteiger partial charge in [0.2, 0.25) is 0 Å². The highest BCUT2D eigenvalue weighted by molar-refractivity contribution is 7.98. The number of halogens is 1. The number of thioether (sulfide) groups is 2. The molecule has 0 saturated carbocycles. The Kier molecular flexibility index (Phi) is 9.37. The van der Waals surface area contributed by atoms with Gasteiger partial charge in [0.15, 0.2) is 0 Å². The minimum Gasteiger partial charge on any atom is -0.493 e. The molecule has 4 N–H and O–H groups in total. The van der Waals surface area contributed by atoms with E-state index in [0.717, 1.165) is 83.4 Å². The first-order chi connectivity index (χ1) is 21.8. The molecule has 3 aromatic carbocycles. The van der Waals surface area contributed by atoms with Crippen LogP contribution in [0, 0.1) is 0 Å². The molecule has 5 aromatic rings. The first-order valence-electron chi connectivity index (χ1n) is 14.8. The average molecular weight is 662 g/mol. The van der Waals surface area contributed by atoms with Crippen molar-refractivity contribution in [1.29, 1.82) is 0 Å². The molecular formula is C34H36ClN5O3S2. The molecule has 0 amide bonds. The van der Waals surface area contributed by atoms with E-state index in [1.54, 1.807) is 35.1 Å². The number of carboxylic acid groups (broad SMARTS) is 1. The lowest BCUT2D eigenvalue weighted by Gasteiger charge is -2.16. The number of aryl methyl sites for hydroxylation is 3. The summed E-state index contributed by atoms with van der Waals surface area (Å²) in [5.74, 6) is 8.16. The third-order valence-electron chi connectivity index (χ3n) is 8.37. The molecule has 6 rings (SSSR count). The number of ether oxygens (including phenoxy) is 1. The zero-order chi connectivity index (χ0) is 31.7. The number of hydrogen-bond donors (Lipinski definition) is 3. The van der Waals surface area contributed by atoms with Crippen LogP contribution in [0.1, 0.15) is 52.8 Å². The van der Waals surface area contributed by atoms with Crippen molar-refractivity contribution in [1.82, 2.24) is 19.8 Å². The van der Waals surface area contributed by atoms with E-state index in [0.29, 0.717) is 30.9 Å². The fraction of sp³-hybridized carbons (Fsp3) is 0.294. The molecule has 3 heterocycles. The first kappa shape index (κ1) is 31.4. The van der Waals surface area contributed by atoms with E-state index in [2.05, 4.69) is 35.8 Å². The van der Waals surface area contributed by atoms with Gasteiger partial charge in [-0.05, 0) is 72.7 Å². The second-order valence-corrected chi connectivity index (χ2v) is 13.8. The molecule has 0 unspecified atom stereocenters. The fourth-order valence-corrected chi connectivity index (χ4v) is 8.26. The van der Waals surface area contributed by atoms with Crippen LogP contribution in [0.2, 0.25) is 5.02 Å². The van der Waals surface area contributed by atoms with Crippen LogP contribution in [0.25, 0.3) is 27.2 Å². The van der Waals surface area contributed by atoms with Gasteiger partial charge >= 0.3 is 5.97 Å². The van der Waals surface area contributed by atoms with Crippen LogP contribution in [0.5, 0.6) is 5.75 Å². The molecule has 45 heavy (non-hydrogen) atoms. The number of allylic oxidation sites excluding steroid dienone is 2. The number of fused-ring (bicyclic) bond motifs is 6. The van der Waals surface area contributed by atoms with E-state index in [1.165, 1.54) is 0 Å². The summed E-state index contributed by atoms with van der Waals surface area (Å²) < 4.78 is 10.1. The molecule has 8 bridgehead atoms. The molecular weight excluding hydrogens is 626 g/mol. The Morgan fingerprint density at radius 3 is 2.71 bits per heavy atom. The zero-order valence-electron chi connectivity index (χ0n) is 25.5. The van der Waals surface area contributed by atoms with Gasteiger partial charge in [-0.1, -0.05) is 41.9 Å². The number of aromatic carboxylic acids is 1. The van der Waals surface area contributed by atoms with Crippen LogP contribution >= 0.6 is 35.1 Å². The van der Waals surface area contributed by atoms with E-state index in [4.69, 9.17) is 27.3 Å². The number of nitrogens with two attached hydrogens (primary N) is 1. The molecule has 2 aromatic heterocycles. The van der Waals surface area contributed by atoms with Crippen molar-refractivity contribution >= 4 is 68.3 Å². The second kappa shape index (κ2) is 13.4. The number of nitrogens with zero attached hydrogens (tertiary/aromatic N) is 3. The highest BCUT2D eigenvalue weighted by Crippen LogP contribution is 2.40. The summed E-state index contributed by atoms with van der Waals surface area (Å²) in [6.45, 7) is 2.37. The molecule has 1 aliphatic heterocycles. The van der Waals surface area contributed by atoms with Gasteiger partial charge in [-0.15, -0.1) is 11.8 Å². The maximum Gasteiger partial charge on any atom is 0.352 e. The molecule has 1 aliphatic rings. The molecule has 0 fully saturated rings. The average Bonchev–Trinajstić information content (AvgIpc) is 3.53. The number of rotatable bonds is 2. The Labute approximate surface area is 275 Å². The van der Waals surface area contributed by atoms with Crippen molar-refractivity contribution in [3.05, 3.63) is 93.5 Å². The smallest absolute Gasteiger partial charge is 0.352 e. The summed E-state index contributed by atoms with van der Waals surface area (Å²) in [5, 5.41) is 18.7. The minimum absolute atomic E-state index is 0.262. The van der Waals surface area contributed by atoms with Crippen LogP contribution < -0.4 is 16.0 Å². The fourth-order valence-electron chi connectivity index (χ4n) is 6.17. The van der Waals surface area contributed by atoms with Crippen molar-refractivity contribution in [2.45, 2.75) is 42.6 Å². The quantitative estimate of drug-likeness (QED) is 0.132. The van der Waals surface area contributed by atoms with Crippen molar-refractivity contribution in [2.75, 3.05) is 12.4 Å². The Hall–Kier alpha value is -3.57. The van der Waals surface area contributed by atoms with Gasteiger partial charge in [0, 0.05) is 58.2 Å². The Morgan fingerprint density at radius 2 is 1.91 bits per heavy atom. The molecule has 0 spiro atoms. The van der Waals surface area contributed by atoms with Gasteiger partial charge in [-0.25, -0.2) is 4.79 Å². The predicted molar refractivity (Wildman–Crippen MR) is 186 cm³/mol. The van der Waals surface area contributed by atoms with Gasteiger partial charge in [-0.3, -0.25) is 10.5 Å². The third kappa shape index (κ3) is 6.29. The standard InChI is InChI=1S/C34H36ClN5O3S2/c1-20(37-36)25-12-14-44-18-22-16-23(40(3)38-22)19-45-24-15-21-7-4-5-8-26(21)30(17-24)43-13-6-9-27-28-10-11-29(35)31(25)32(28)39(2)33(27)34(41)42/h4-5,7-8,10-11,15-17,37H,6,9,12-14,18-19,36H2,1-3H3,(H,41,42)/b25-20+. The largest absolute Gasteiger partial charge is 0.493 e. The lowest BCUT2D eigenvalue weighted by molar-refractivity contribution is 0.0685. The minimum atomic E-state index is -0.971. The Morgan fingerprint density at radius 1 is 1.09 bits per heavy atom.